The van der Waals surface area contributed by atoms with E-state index in [1.807, 2.05) is 0 Å². The molecule has 0 fully saturated rings. The molecule has 0 saturated heterocycles. The van der Waals surface area contributed by atoms with Crippen LogP contribution >= 0.6 is 22.7 Å². The van der Waals surface area contributed by atoms with Crippen LogP contribution in [0.4, 0.5) is 0 Å². The third kappa shape index (κ3) is 2.46. The summed E-state index contributed by atoms with van der Waals surface area (Å²) in [5.74, 6) is 5.61. The highest BCUT2D eigenvalue weighted by Crippen LogP contribution is 2.24. The quantitative estimate of drug-likeness (QED) is 0.635. The zero-order valence-corrected chi connectivity index (χ0v) is 10.2. The molecule has 15 heavy (non-hydrogen) atoms. The van der Waals surface area contributed by atoms with Gasteiger partial charge in [0.25, 0.3) is 0 Å². The number of thiophene rings is 2. The van der Waals surface area contributed by atoms with Crippen molar-refractivity contribution in [3.05, 3.63) is 44.3 Å². The molecular formula is C11H14N2S2. The molecule has 0 aliphatic carbocycles. The molecular weight excluding hydrogens is 224 g/mol. The van der Waals surface area contributed by atoms with E-state index in [0.29, 0.717) is 0 Å². The number of hydrazine groups is 1. The van der Waals surface area contributed by atoms with Crippen molar-refractivity contribution in [1.82, 2.24) is 5.43 Å². The number of rotatable bonds is 4. The second kappa shape index (κ2) is 4.90. The van der Waals surface area contributed by atoms with Crippen LogP contribution in [0.5, 0.6) is 0 Å². The van der Waals surface area contributed by atoms with E-state index in [-0.39, 0.29) is 6.04 Å². The molecule has 0 spiro atoms. The van der Waals surface area contributed by atoms with Crippen molar-refractivity contribution in [3.63, 3.8) is 0 Å². The Bertz CT molecular complexity index is 406. The molecule has 1 unspecified atom stereocenters. The van der Waals surface area contributed by atoms with E-state index in [1.165, 1.54) is 16.7 Å². The van der Waals surface area contributed by atoms with Gasteiger partial charge in [0.2, 0.25) is 0 Å². The summed E-state index contributed by atoms with van der Waals surface area (Å²) in [7, 11) is 0. The predicted octanol–water partition coefficient (Wildman–Crippen LogP) is 2.87. The first-order valence-electron chi connectivity index (χ1n) is 4.81. The molecule has 0 radical (unpaired) electrons. The highest BCUT2D eigenvalue weighted by molar-refractivity contribution is 7.08. The Morgan fingerprint density at radius 2 is 2.20 bits per heavy atom. The molecule has 0 saturated carbocycles. The Hall–Kier alpha value is -0.680. The van der Waals surface area contributed by atoms with Gasteiger partial charge in [0.1, 0.15) is 0 Å². The Morgan fingerprint density at radius 3 is 2.73 bits per heavy atom. The molecule has 0 amide bonds. The minimum Gasteiger partial charge on any atom is -0.271 e. The first-order valence-corrected chi connectivity index (χ1v) is 6.69. The molecule has 3 N–H and O–H groups in total. The Kier molecular flexibility index (Phi) is 3.53. The van der Waals surface area contributed by atoms with Crippen molar-refractivity contribution in [3.8, 4) is 0 Å². The van der Waals surface area contributed by atoms with Crippen molar-refractivity contribution < 1.29 is 0 Å². The lowest BCUT2D eigenvalue weighted by molar-refractivity contribution is 0.552. The van der Waals surface area contributed by atoms with Crippen LogP contribution in [-0.4, -0.2) is 0 Å². The lowest BCUT2D eigenvalue weighted by Crippen LogP contribution is -2.29. The fourth-order valence-corrected chi connectivity index (χ4v) is 3.22. The van der Waals surface area contributed by atoms with Gasteiger partial charge in [0.05, 0.1) is 6.04 Å². The van der Waals surface area contributed by atoms with Gasteiger partial charge in [0, 0.05) is 0 Å². The molecule has 0 aliphatic rings. The fourth-order valence-electron chi connectivity index (χ4n) is 1.63. The van der Waals surface area contributed by atoms with Crippen LogP contribution in [-0.2, 0) is 6.42 Å². The minimum absolute atomic E-state index is 0.228. The third-order valence-corrected chi connectivity index (χ3v) is 4.10. The lowest BCUT2D eigenvalue weighted by atomic mass is 10.0. The summed E-state index contributed by atoms with van der Waals surface area (Å²) in [5, 5.41) is 8.61. The summed E-state index contributed by atoms with van der Waals surface area (Å²) in [5.41, 5.74) is 6.87. The normalized spacial score (nSPS) is 12.9. The molecule has 80 valence electrons. The second-order valence-electron chi connectivity index (χ2n) is 3.57. The van der Waals surface area contributed by atoms with Gasteiger partial charge in [-0.2, -0.15) is 22.7 Å². The number of aryl methyl sites for hydroxylation is 1. The third-order valence-electron chi connectivity index (χ3n) is 2.49. The van der Waals surface area contributed by atoms with Crippen molar-refractivity contribution in [1.29, 1.82) is 0 Å². The van der Waals surface area contributed by atoms with Gasteiger partial charge >= 0.3 is 0 Å². The molecule has 2 aromatic heterocycles. The van der Waals surface area contributed by atoms with Crippen LogP contribution in [0, 0.1) is 6.92 Å². The van der Waals surface area contributed by atoms with Crippen LogP contribution in [0.3, 0.4) is 0 Å². The molecule has 2 nitrogen and oxygen atoms in total. The highest BCUT2D eigenvalue weighted by Gasteiger charge is 2.13. The van der Waals surface area contributed by atoms with Crippen molar-refractivity contribution >= 4 is 22.7 Å². The first kappa shape index (κ1) is 10.8. The maximum absolute atomic E-state index is 5.61. The van der Waals surface area contributed by atoms with Gasteiger partial charge in [-0.15, -0.1) is 0 Å². The summed E-state index contributed by atoms with van der Waals surface area (Å²) < 4.78 is 0. The number of hydrogen-bond acceptors (Lipinski definition) is 4. The van der Waals surface area contributed by atoms with Gasteiger partial charge in [0.15, 0.2) is 0 Å². The molecule has 0 bridgehead atoms. The number of nitrogens with two attached hydrogens (primary N) is 1. The molecule has 0 aromatic carbocycles. The molecule has 2 rings (SSSR count). The maximum Gasteiger partial charge on any atom is 0.0511 e. The predicted molar refractivity (Wildman–Crippen MR) is 67.1 cm³/mol. The van der Waals surface area contributed by atoms with Gasteiger partial charge in [-0.1, -0.05) is 0 Å². The average molecular weight is 238 g/mol. The summed E-state index contributed by atoms with van der Waals surface area (Å²) in [6, 6.07) is 2.38. The summed E-state index contributed by atoms with van der Waals surface area (Å²) in [6.45, 7) is 2.13. The van der Waals surface area contributed by atoms with Crippen LogP contribution < -0.4 is 11.3 Å². The Morgan fingerprint density at radius 1 is 1.33 bits per heavy atom. The SMILES string of the molecule is Cc1cscc1C(Cc1ccsc1)NN. The highest BCUT2D eigenvalue weighted by atomic mass is 32.1. The molecule has 4 heteroatoms. The summed E-state index contributed by atoms with van der Waals surface area (Å²) >= 11 is 3.46. The first-order chi connectivity index (χ1) is 7.31. The lowest BCUT2D eigenvalue weighted by Gasteiger charge is -2.15. The monoisotopic (exact) mass is 238 g/mol. The van der Waals surface area contributed by atoms with Crippen LogP contribution in [0.1, 0.15) is 22.7 Å². The Labute approximate surface area is 97.7 Å². The number of nitrogens with one attached hydrogen (secondary N) is 1. The zero-order chi connectivity index (χ0) is 10.7. The van der Waals surface area contributed by atoms with E-state index < -0.39 is 0 Å². The maximum atomic E-state index is 5.61. The van der Waals surface area contributed by atoms with E-state index >= 15 is 0 Å². The largest absolute Gasteiger partial charge is 0.271 e. The van der Waals surface area contributed by atoms with E-state index in [2.05, 4.69) is 39.9 Å². The molecule has 2 heterocycles. The van der Waals surface area contributed by atoms with Gasteiger partial charge < -0.3 is 0 Å². The fraction of sp³-hybridized carbons (Fsp3) is 0.273. The molecule has 0 aliphatic heterocycles. The zero-order valence-electron chi connectivity index (χ0n) is 8.57. The standard InChI is InChI=1S/C11H14N2S2/c1-8-5-15-7-10(8)11(13-12)4-9-2-3-14-6-9/h2-3,5-7,11,13H,4,12H2,1H3. The summed E-state index contributed by atoms with van der Waals surface area (Å²) in [6.07, 6.45) is 0.956. The smallest absolute Gasteiger partial charge is 0.0511 e. The van der Waals surface area contributed by atoms with E-state index in [1.54, 1.807) is 22.7 Å². The van der Waals surface area contributed by atoms with E-state index in [4.69, 9.17) is 5.84 Å². The van der Waals surface area contributed by atoms with Crippen molar-refractivity contribution in [2.24, 2.45) is 5.84 Å². The van der Waals surface area contributed by atoms with Gasteiger partial charge in [-0.3, -0.25) is 11.3 Å². The van der Waals surface area contributed by atoms with E-state index in [9.17, 15) is 0 Å². The van der Waals surface area contributed by atoms with E-state index in [0.717, 1.165) is 6.42 Å². The second-order valence-corrected chi connectivity index (χ2v) is 5.09. The topological polar surface area (TPSA) is 38.0 Å². The van der Waals surface area contributed by atoms with Gasteiger partial charge in [-0.05, 0) is 57.6 Å². The summed E-state index contributed by atoms with van der Waals surface area (Å²) in [4.78, 5) is 0. The van der Waals surface area contributed by atoms with Crippen molar-refractivity contribution in [2.45, 2.75) is 19.4 Å². The van der Waals surface area contributed by atoms with Crippen LogP contribution in [0.15, 0.2) is 27.6 Å². The number of hydrogen-bond donors (Lipinski definition) is 2. The minimum atomic E-state index is 0.228. The van der Waals surface area contributed by atoms with Crippen LogP contribution in [0.25, 0.3) is 0 Å². The van der Waals surface area contributed by atoms with Gasteiger partial charge in [-0.25, -0.2) is 0 Å². The molecule has 2 aromatic rings. The Balaban J connectivity index is 2.15. The van der Waals surface area contributed by atoms with Crippen molar-refractivity contribution in [2.75, 3.05) is 0 Å². The van der Waals surface area contributed by atoms with Crippen LogP contribution in [0.2, 0.25) is 0 Å². The average Bonchev–Trinajstić information content (AvgIpc) is 2.85. The molecule has 1 atom stereocenters.